The number of imidazole rings is 1. The van der Waals surface area contributed by atoms with Gasteiger partial charge in [0.05, 0.1) is 0 Å². The maximum absolute atomic E-state index is 13.0. The number of nitrogens with one attached hydrogen (secondary N) is 2. The first-order valence-electron chi connectivity index (χ1n) is 7.58. The molecule has 0 bridgehead atoms. The van der Waals surface area contributed by atoms with E-state index in [2.05, 4.69) is 20.3 Å². The maximum atomic E-state index is 13.0. The predicted octanol–water partition coefficient (Wildman–Crippen LogP) is 3.55. The second-order valence-electron chi connectivity index (χ2n) is 5.50. The number of nitrogens with zero attached hydrogens (tertiary/aromatic N) is 2. The number of hydrogen-bond acceptors (Lipinski definition) is 5. The van der Waals surface area contributed by atoms with Crippen LogP contribution in [-0.4, -0.2) is 26.5 Å². The number of hydrogen-bond donors (Lipinski definition) is 2. The summed E-state index contributed by atoms with van der Waals surface area (Å²) in [6.45, 7) is 0. The van der Waals surface area contributed by atoms with E-state index < -0.39 is 17.4 Å². The average molecular weight is 369 g/mol. The van der Waals surface area contributed by atoms with E-state index in [1.807, 2.05) is 0 Å². The van der Waals surface area contributed by atoms with Crippen LogP contribution in [0.15, 0.2) is 59.4 Å². The molecular formula is C18H10ClFN4O2. The molecule has 0 fully saturated rings. The molecule has 0 radical (unpaired) electrons. The topological polar surface area (TPSA) is 87.7 Å². The van der Waals surface area contributed by atoms with Crippen molar-refractivity contribution in [3.8, 4) is 11.5 Å². The minimum atomic E-state index is -0.555. The van der Waals surface area contributed by atoms with Crippen LogP contribution < -0.4 is 5.32 Å². The highest BCUT2D eigenvalue weighted by Gasteiger charge is 2.35. The fourth-order valence-electron chi connectivity index (χ4n) is 2.56. The Labute approximate surface area is 151 Å². The number of anilines is 1. The zero-order chi connectivity index (χ0) is 18.3. The first-order chi connectivity index (χ1) is 12.5. The summed E-state index contributed by atoms with van der Waals surface area (Å²) in [5.74, 6) is -1.21. The average Bonchev–Trinajstić information content (AvgIpc) is 3.11. The first-order valence-corrected chi connectivity index (χ1v) is 7.95. The fourth-order valence-corrected chi connectivity index (χ4v) is 2.78. The summed E-state index contributed by atoms with van der Waals surface area (Å²) < 4.78 is 13.0. The number of carbonyl (C=O) groups excluding carboxylic acids is 2. The van der Waals surface area contributed by atoms with Gasteiger partial charge >= 0.3 is 0 Å². The SMILES string of the molecule is O=C1C(Nc2ccc(F)cc2)=C(Cl)C(=O)c2[nH]c(-c3ccccn3)nc21. The van der Waals surface area contributed by atoms with Crippen molar-refractivity contribution in [1.29, 1.82) is 0 Å². The summed E-state index contributed by atoms with van der Waals surface area (Å²) in [5.41, 5.74) is 0.793. The van der Waals surface area contributed by atoms with Crippen LogP contribution in [0.5, 0.6) is 0 Å². The van der Waals surface area contributed by atoms with Crippen molar-refractivity contribution in [2.24, 2.45) is 0 Å². The summed E-state index contributed by atoms with van der Waals surface area (Å²) in [6, 6.07) is 10.5. The lowest BCUT2D eigenvalue weighted by molar-refractivity contribution is 0.0977. The number of fused-ring (bicyclic) bond motifs is 1. The van der Waals surface area contributed by atoms with Crippen molar-refractivity contribution < 1.29 is 14.0 Å². The summed E-state index contributed by atoms with van der Waals surface area (Å²) in [7, 11) is 0. The lowest BCUT2D eigenvalue weighted by atomic mass is 10.0. The Morgan fingerprint density at radius 3 is 2.50 bits per heavy atom. The Balaban J connectivity index is 1.73. The molecule has 26 heavy (non-hydrogen) atoms. The highest BCUT2D eigenvalue weighted by Crippen LogP contribution is 2.30. The largest absolute Gasteiger partial charge is 0.351 e. The van der Waals surface area contributed by atoms with Crippen LogP contribution in [0, 0.1) is 5.82 Å². The van der Waals surface area contributed by atoms with Gasteiger partial charge in [-0.05, 0) is 36.4 Å². The first kappa shape index (κ1) is 16.2. The summed E-state index contributed by atoms with van der Waals surface area (Å²) in [4.78, 5) is 36.4. The van der Waals surface area contributed by atoms with Gasteiger partial charge in [0.25, 0.3) is 0 Å². The Kier molecular flexibility index (Phi) is 3.85. The fraction of sp³-hybridized carbons (Fsp3) is 0. The molecule has 0 saturated carbocycles. The van der Waals surface area contributed by atoms with Crippen molar-refractivity contribution in [1.82, 2.24) is 15.0 Å². The number of Topliss-reactive ketones (excluding diaryl/α,β-unsaturated/α-hetero) is 2. The third kappa shape index (κ3) is 2.68. The van der Waals surface area contributed by atoms with Gasteiger partial charge < -0.3 is 10.3 Å². The Morgan fingerprint density at radius 1 is 1.04 bits per heavy atom. The smallest absolute Gasteiger partial charge is 0.231 e. The predicted molar refractivity (Wildman–Crippen MR) is 93.4 cm³/mol. The molecule has 0 amide bonds. The van der Waals surface area contributed by atoms with Crippen LogP contribution in [0.3, 0.4) is 0 Å². The Morgan fingerprint density at radius 2 is 1.81 bits per heavy atom. The minimum Gasteiger partial charge on any atom is -0.351 e. The Hall–Kier alpha value is -3.32. The molecule has 0 spiro atoms. The minimum absolute atomic E-state index is 0.0188. The van der Waals surface area contributed by atoms with E-state index in [-0.39, 0.29) is 22.1 Å². The molecular weight excluding hydrogens is 359 g/mol. The second-order valence-corrected chi connectivity index (χ2v) is 5.88. The van der Waals surface area contributed by atoms with Crippen LogP contribution in [0.2, 0.25) is 0 Å². The zero-order valence-electron chi connectivity index (χ0n) is 13.1. The molecule has 1 aliphatic carbocycles. The number of carbonyl (C=O) groups is 2. The standard InChI is InChI=1S/C18H10ClFN4O2/c19-12-13(22-10-6-4-9(20)5-7-10)17(26)15-14(16(12)25)23-18(24-15)11-3-1-2-8-21-11/h1-8,22H,(H,23,24). The molecule has 1 aromatic carbocycles. The van der Waals surface area contributed by atoms with Gasteiger partial charge in [-0.1, -0.05) is 17.7 Å². The number of halogens is 2. The molecule has 2 N–H and O–H groups in total. The van der Waals surface area contributed by atoms with Gasteiger partial charge in [-0.2, -0.15) is 0 Å². The van der Waals surface area contributed by atoms with E-state index in [0.717, 1.165) is 0 Å². The molecule has 3 aromatic rings. The third-order valence-electron chi connectivity index (χ3n) is 3.81. The van der Waals surface area contributed by atoms with E-state index in [4.69, 9.17) is 11.6 Å². The van der Waals surface area contributed by atoms with Gasteiger partial charge in [0.15, 0.2) is 5.82 Å². The monoisotopic (exact) mass is 368 g/mol. The van der Waals surface area contributed by atoms with Crippen LogP contribution in [0.4, 0.5) is 10.1 Å². The molecule has 2 aromatic heterocycles. The van der Waals surface area contributed by atoms with E-state index in [9.17, 15) is 14.0 Å². The zero-order valence-corrected chi connectivity index (χ0v) is 13.8. The van der Waals surface area contributed by atoms with Crippen LogP contribution in [0.25, 0.3) is 11.5 Å². The normalized spacial score (nSPS) is 13.8. The van der Waals surface area contributed by atoms with Crippen LogP contribution in [-0.2, 0) is 0 Å². The van der Waals surface area contributed by atoms with Crippen molar-refractivity contribution in [2.45, 2.75) is 0 Å². The molecule has 2 heterocycles. The van der Waals surface area contributed by atoms with Gasteiger partial charge in [-0.25, -0.2) is 9.37 Å². The molecule has 6 nitrogen and oxygen atoms in total. The van der Waals surface area contributed by atoms with E-state index >= 15 is 0 Å². The van der Waals surface area contributed by atoms with Crippen molar-refractivity contribution in [3.05, 3.63) is 76.6 Å². The van der Waals surface area contributed by atoms with E-state index in [1.54, 1.807) is 24.4 Å². The van der Waals surface area contributed by atoms with Gasteiger partial charge in [0.1, 0.15) is 33.6 Å². The van der Waals surface area contributed by atoms with Gasteiger partial charge in [0.2, 0.25) is 11.6 Å². The van der Waals surface area contributed by atoms with Crippen molar-refractivity contribution in [3.63, 3.8) is 0 Å². The number of benzene rings is 1. The molecule has 128 valence electrons. The molecule has 0 aliphatic heterocycles. The molecule has 0 unspecified atom stereocenters. The van der Waals surface area contributed by atoms with Gasteiger partial charge in [-0.15, -0.1) is 0 Å². The second kappa shape index (κ2) is 6.20. The van der Waals surface area contributed by atoms with Crippen molar-refractivity contribution >= 4 is 28.9 Å². The summed E-state index contributed by atoms with van der Waals surface area (Å²) >= 11 is 6.10. The van der Waals surface area contributed by atoms with Crippen LogP contribution >= 0.6 is 11.6 Å². The highest BCUT2D eigenvalue weighted by atomic mass is 35.5. The maximum Gasteiger partial charge on any atom is 0.231 e. The molecule has 1 aliphatic rings. The number of aromatic nitrogens is 3. The van der Waals surface area contributed by atoms with Crippen LogP contribution in [0.1, 0.15) is 21.0 Å². The number of pyridine rings is 1. The molecule has 4 rings (SSSR count). The number of aromatic amines is 1. The highest BCUT2D eigenvalue weighted by molar-refractivity contribution is 6.50. The quantitative estimate of drug-likeness (QED) is 0.738. The van der Waals surface area contributed by atoms with Gasteiger partial charge in [0, 0.05) is 11.9 Å². The van der Waals surface area contributed by atoms with E-state index in [1.165, 1.54) is 24.3 Å². The van der Waals surface area contributed by atoms with E-state index in [0.29, 0.717) is 17.2 Å². The lowest BCUT2D eigenvalue weighted by Crippen LogP contribution is -2.24. The van der Waals surface area contributed by atoms with Gasteiger partial charge in [-0.3, -0.25) is 14.6 Å². The summed E-state index contributed by atoms with van der Waals surface area (Å²) in [6.07, 6.45) is 1.58. The number of H-pyrrole nitrogens is 1. The number of ketones is 2. The van der Waals surface area contributed by atoms with Crippen molar-refractivity contribution in [2.75, 3.05) is 5.32 Å². The summed E-state index contributed by atoms with van der Waals surface area (Å²) in [5, 5.41) is 2.51. The Bertz CT molecular complexity index is 1060. The lowest BCUT2D eigenvalue weighted by Gasteiger charge is -2.15. The number of allylic oxidation sites excluding steroid dienone is 2. The third-order valence-corrected chi connectivity index (χ3v) is 4.17. The molecule has 8 heteroatoms. The number of rotatable bonds is 3. The molecule has 0 atom stereocenters. The molecule has 0 saturated heterocycles.